The van der Waals surface area contributed by atoms with E-state index in [9.17, 15) is 24.0 Å². The van der Waals surface area contributed by atoms with Crippen LogP contribution in [0.5, 0.6) is 5.75 Å². The Morgan fingerprint density at radius 1 is 0.881 bits per heavy atom. The number of aromatic nitrogens is 2. The number of amides is 5. The molecule has 5 aliphatic rings. The summed E-state index contributed by atoms with van der Waals surface area (Å²) in [6, 6.07) is 12.9. The van der Waals surface area contributed by atoms with Crippen LogP contribution in [0.3, 0.4) is 0 Å². The molecule has 3 saturated heterocycles. The lowest BCUT2D eigenvalue weighted by Crippen LogP contribution is -2.54. The van der Waals surface area contributed by atoms with Gasteiger partial charge in [0.1, 0.15) is 17.5 Å². The number of nitrogens with one attached hydrogen (secondary N) is 4. The van der Waals surface area contributed by atoms with Crippen LogP contribution in [0.4, 0.5) is 28.8 Å². The molecule has 4 aliphatic heterocycles. The maximum absolute atomic E-state index is 13.4. The molecule has 5 heterocycles. The van der Waals surface area contributed by atoms with Crippen molar-refractivity contribution in [2.75, 3.05) is 60.8 Å². The predicted molar refractivity (Wildman–Crippen MR) is 222 cm³/mol. The zero-order valence-electron chi connectivity index (χ0n) is 34.0. The van der Waals surface area contributed by atoms with Crippen LogP contribution >= 0.6 is 0 Å². The van der Waals surface area contributed by atoms with Gasteiger partial charge in [0.2, 0.25) is 29.6 Å². The van der Waals surface area contributed by atoms with E-state index < -0.39 is 0 Å². The average molecular weight is 807 g/mol. The molecular weight excluding hydrogens is 753 g/mol. The second-order valence-corrected chi connectivity index (χ2v) is 16.4. The Morgan fingerprint density at radius 2 is 1.61 bits per heavy atom. The number of methoxy groups -OCH3 is 1. The van der Waals surface area contributed by atoms with Gasteiger partial charge in [0.15, 0.2) is 5.82 Å². The van der Waals surface area contributed by atoms with E-state index in [1.165, 1.54) is 0 Å². The first kappa shape index (κ1) is 40.2. The summed E-state index contributed by atoms with van der Waals surface area (Å²) in [5, 5.41) is 10.7. The summed E-state index contributed by atoms with van der Waals surface area (Å²) < 4.78 is 5.70. The monoisotopic (exact) mass is 806 g/mol. The van der Waals surface area contributed by atoms with Crippen molar-refractivity contribution in [1.82, 2.24) is 30.6 Å². The van der Waals surface area contributed by atoms with Crippen molar-refractivity contribution in [3.63, 3.8) is 0 Å². The van der Waals surface area contributed by atoms with Gasteiger partial charge >= 0.3 is 0 Å². The Hall–Kier alpha value is -5.61. The standard InChI is InChI=1S/C43H54N10O6/c1-26-42(58)50(2)35-25-44-43(48-38(35)53(26)32-6-4-5-7-32)46-34-14-10-29(24-36(34)59-3)40(56)49-52-22-18-31(19-23-52)51-20-16-28(17-21-51)39(55)45-30-11-8-27(9-12-30)33-13-15-37(54)47-41(33)57/h8-12,14,24-26,28,31-33H,4-7,13,15-23H2,1-3H3,(H,45,55)(H,49,56)(H,44,46,48)(H,47,54,57)/t26-,33?/m1/s1. The number of benzene rings is 2. The summed E-state index contributed by atoms with van der Waals surface area (Å²) in [5.41, 5.74) is 6.38. The number of hydrogen-bond donors (Lipinski definition) is 4. The molecule has 4 N–H and O–H groups in total. The van der Waals surface area contributed by atoms with Gasteiger partial charge in [-0.15, -0.1) is 0 Å². The summed E-state index contributed by atoms with van der Waals surface area (Å²) >= 11 is 0. The predicted octanol–water partition coefficient (Wildman–Crippen LogP) is 4.32. The molecule has 2 aromatic carbocycles. The van der Waals surface area contributed by atoms with Crippen LogP contribution in [0.2, 0.25) is 0 Å². The first-order valence-corrected chi connectivity index (χ1v) is 21.0. The van der Waals surface area contributed by atoms with Crippen molar-refractivity contribution >= 4 is 58.4 Å². The highest BCUT2D eigenvalue weighted by Gasteiger charge is 2.40. The minimum absolute atomic E-state index is 0.00985. The third-order valence-electron chi connectivity index (χ3n) is 12.9. The largest absolute Gasteiger partial charge is 0.495 e. The number of piperidine rings is 3. The molecule has 16 nitrogen and oxygen atoms in total. The van der Waals surface area contributed by atoms with Gasteiger partial charge in [0.05, 0.1) is 24.9 Å². The number of carbonyl (C=O) groups excluding carboxylic acids is 5. The third kappa shape index (κ3) is 8.60. The Labute approximate surface area is 344 Å². The van der Waals surface area contributed by atoms with E-state index in [0.717, 1.165) is 88.9 Å². The first-order chi connectivity index (χ1) is 28.6. The number of hydrazine groups is 1. The second kappa shape index (κ2) is 17.3. The molecule has 8 rings (SSSR count). The summed E-state index contributed by atoms with van der Waals surface area (Å²) in [6.07, 6.45) is 10.2. The van der Waals surface area contributed by atoms with E-state index in [1.54, 1.807) is 43.5 Å². The van der Waals surface area contributed by atoms with Crippen molar-refractivity contribution < 1.29 is 28.7 Å². The maximum atomic E-state index is 13.4. The van der Waals surface area contributed by atoms with Gasteiger partial charge in [-0.1, -0.05) is 25.0 Å². The Balaban J connectivity index is 0.802. The van der Waals surface area contributed by atoms with Crippen LogP contribution in [-0.2, 0) is 19.2 Å². The number of rotatable bonds is 10. The zero-order valence-corrected chi connectivity index (χ0v) is 34.0. The van der Waals surface area contributed by atoms with E-state index in [1.807, 2.05) is 36.2 Å². The Kier molecular flexibility index (Phi) is 11.8. The van der Waals surface area contributed by atoms with Gasteiger partial charge in [-0.3, -0.25) is 34.7 Å². The highest BCUT2D eigenvalue weighted by molar-refractivity contribution is 6.04. The van der Waals surface area contributed by atoms with Gasteiger partial charge in [-0.2, -0.15) is 4.98 Å². The number of imide groups is 1. The lowest BCUT2D eigenvalue weighted by Gasteiger charge is -2.42. The van der Waals surface area contributed by atoms with Crippen LogP contribution < -0.4 is 35.9 Å². The smallest absolute Gasteiger partial charge is 0.265 e. The molecular formula is C43H54N10O6. The molecule has 59 heavy (non-hydrogen) atoms. The maximum Gasteiger partial charge on any atom is 0.265 e. The fourth-order valence-electron chi connectivity index (χ4n) is 9.41. The highest BCUT2D eigenvalue weighted by atomic mass is 16.5. The van der Waals surface area contributed by atoms with Crippen LogP contribution in [0, 0.1) is 5.92 Å². The van der Waals surface area contributed by atoms with Crippen LogP contribution in [0.25, 0.3) is 0 Å². The number of anilines is 5. The van der Waals surface area contributed by atoms with E-state index in [0.29, 0.717) is 53.2 Å². The molecule has 1 aromatic heterocycles. The number of ether oxygens (including phenoxy) is 1. The minimum Gasteiger partial charge on any atom is -0.495 e. The quantitative estimate of drug-likeness (QED) is 0.214. The van der Waals surface area contributed by atoms with Crippen LogP contribution in [-0.4, -0.2) is 108 Å². The Morgan fingerprint density at radius 3 is 2.31 bits per heavy atom. The van der Waals surface area contributed by atoms with Gasteiger partial charge in [-0.05, 0) is 101 Å². The summed E-state index contributed by atoms with van der Waals surface area (Å²) in [6.45, 7) is 5.06. The number of carbonyl (C=O) groups is 5. The van der Waals surface area contributed by atoms with E-state index in [2.05, 4.69) is 36.2 Å². The molecule has 312 valence electrons. The lowest BCUT2D eigenvalue weighted by atomic mass is 9.90. The molecule has 5 amide bonds. The molecule has 2 atom stereocenters. The molecule has 0 spiro atoms. The second-order valence-electron chi connectivity index (χ2n) is 16.4. The molecule has 0 radical (unpaired) electrons. The fraction of sp³-hybridized carbons (Fsp3) is 0.512. The average Bonchev–Trinajstić information content (AvgIpc) is 3.78. The van der Waals surface area contributed by atoms with Gasteiger partial charge < -0.3 is 30.1 Å². The normalized spacial score (nSPS) is 22.5. The summed E-state index contributed by atoms with van der Waals surface area (Å²) in [4.78, 5) is 79.1. The summed E-state index contributed by atoms with van der Waals surface area (Å²) in [7, 11) is 3.33. The molecule has 1 aliphatic carbocycles. The number of likely N-dealkylation sites (N-methyl/N-ethyl adjacent to an activating group) is 1. The summed E-state index contributed by atoms with van der Waals surface area (Å²) in [5.74, 6) is 0.483. The lowest BCUT2D eigenvalue weighted by molar-refractivity contribution is -0.134. The molecule has 16 heteroatoms. The van der Waals surface area contributed by atoms with Gasteiger partial charge in [0, 0.05) is 55.8 Å². The topological polar surface area (TPSA) is 181 Å². The highest BCUT2D eigenvalue weighted by Crippen LogP contribution is 2.40. The van der Waals surface area contributed by atoms with Crippen molar-refractivity contribution in [3.8, 4) is 5.75 Å². The first-order valence-electron chi connectivity index (χ1n) is 21.0. The number of fused-ring (bicyclic) bond motifs is 1. The van der Waals surface area contributed by atoms with Crippen molar-refractivity contribution in [3.05, 3.63) is 59.8 Å². The zero-order chi connectivity index (χ0) is 41.2. The van der Waals surface area contributed by atoms with Crippen LogP contribution in [0.1, 0.15) is 93.0 Å². The molecule has 1 saturated carbocycles. The third-order valence-corrected chi connectivity index (χ3v) is 12.9. The minimum atomic E-state index is -0.352. The number of hydrogen-bond acceptors (Lipinski definition) is 12. The fourth-order valence-corrected chi connectivity index (χ4v) is 9.41. The number of likely N-dealkylation sites (tertiary alicyclic amines) is 1. The SMILES string of the molecule is COc1cc(C(=O)NN2CCC(N3CCC(C(=O)Nc4ccc(C5CCC(=O)NC5=O)cc4)CC3)CC2)ccc1Nc1ncc2c(n1)N(C1CCCC1)[C@H](C)C(=O)N2C. The van der Waals surface area contributed by atoms with Crippen molar-refractivity contribution in [2.24, 2.45) is 5.92 Å². The molecule has 1 unspecified atom stereocenters. The molecule has 4 fully saturated rings. The van der Waals surface area contributed by atoms with E-state index in [4.69, 9.17) is 9.72 Å². The number of nitrogens with zero attached hydrogens (tertiary/aromatic N) is 6. The van der Waals surface area contributed by atoms with Gasteiger partial charge in [0.25, 0.3) is 5.91 Å². The van der Waals surface area contributed by atoms with Crippen LogP contribution in [0.15, 0.2) is 48.7 Å². The molecule has 0 bridgehead atoms. The van der Waals surface area contributed by atoms with Gasteiger partial charge in [-0.25, -0.2) is 9.99 Å². The molecule has 3 aromatic rings. The van der Waals surface area contributed by atoms with Crippen molar-refractivity contribution in [1.29, 1.82) is 0 Å². The Bertz CT molecular complexity index is 2070. The van der Waals surface area contributed by atoms with E-state index in [-0.39, 0.29) is 53.5 Å². The van der Waals surface area contributed by atoms with Crippen molar-refractivity contribution in [2.45, 2.75) is 95.2 Å². The van der Waals surface area contributed by atoms with E-state index >= 15 is 0 Å².